The van der Waals surface area contributed by atoms with Gasteiger partial charge in [-0.25, -0.2) is 0 Å². The van der Waals surface area contributed by atoms with Crippen LogP contribution >= 0.6 is 11.5 Å². The van der Waals surface area contributed by atoms with Crippen molar-refractivity contribution in [3.63, 3.8) is 0 Å². The molecule has 5 nitrogen and oxygen atoms in total. The Hall–Kier alpha value is -1.04. The Bertz CT molecular complexity index is 380. The molecule has 0 fully saturated rings. The molecule has 0 bridgehead atoms. The zero-order valence-corrected chi connectivity index (χ0v) is 17.8. The molecular weight excluding hydrogens is 352 g/mol. The molecule has 0 rings (SSSR count). The number of carbonyl (C=O) groups is 3. The van der Waals surface area contributed by atoms with E-state index in [0.717, 1.165) is 19.3 Å². The maximum atomic E-state index is 12.2. The van der Waals surface area contributed by atoms with Crippen LogP contribution in [0, 0.1) is 0 Å². The number of hydrogen-bond donors (Lipinski definition) is 1. The second kappa shape index (κ2) is 17.4. The van der Waals surface area contributed by atoms with Gasteiger partial charge in [-0.1, -0.05) is 96.4 Å². The van der Waals surface area contributed by atoms with Gasteiger partial charge in [-0.15, -0.1) is 0 Å². The predicted octanol–water partition coefficient (Wildman–Crippen LogP) is 5.95. The maximum absolute atomic E-state index is 12.2. The Morgan fingerprint density at radius 2 is 1.00 bits per heavy atom. The maximum Gasteiger partial charge on any atom is 0.329 e. The van der Waals surface area contributed by atoms with E-state index < -0.39 is 23.4 Å². The summed E-state index contributed by atoms with van der Waals surface area (Å²) in [5.41, 5.74) is 0. The van der Waals surface area contributed by atoms with Gasteiger partial charge in [0.05, 0.1) is 0 Å². The lowest BCUT2D eigenvalue weighted by atomic mass is 10.1. The van der Waals surface area contributed by atoms with Crippen LogP contribution in [0.3, 0.4) is 0 Å². The first kappa shape index (κ1) is 25.0. The monoisotopic (exact) mass is 390 g/mol. The number of thiol groups is 1. The third kappa shape index (κ3) is 14.2. The van der Waals surface area contributed by atoms with E-state index in [1.54, 1.807) is 13.8 Å². The van der Waals surface area contributed by atoms with E-state index in [2.05, 4.69) is 6.92 Å². The van der Waals surface area contributed by atoms with Crippen LogP contribution < -0.4 is 0 Å². The molecule has 26 heavy (non-hydrogen) atoms. The highest BCUT2D eigenvalue weighted by Gasteiger charge is 2.18. The Labute approximate surface area is 162 Å². The molecule has 0 aliphatic carbocycles. The molecule has 0 aromatic rings. The van der Waals surface area contributed by atoms with E-state index in [0.29, 0.717) is 6.42 Å². The summed E-state index contributed by atoms with van der Waals surface area (Å²) in [7, 11) is 0. The molecule has 0 unspecified atom stereocenters. The molecule has 0 radical (unpaired) electrons. The Kier molecular flexibility index (Phi) is 16.7. The molecule has 154 valence electrons. The summed E-state index contributed by atoms with van der Waals surface area (Å²) in [6, 6.07) is 0. The molecular formula is C20H38O5S. The van der Waals surface area contributed by atoms with Crippen molar-refractivity contribution in [2.45, 2.75) is 111 Å². The van der Waals surface area contributed by atoms with Crippen molar-refractivity contribution in [3.05, 3.63) is 0 Å². The smallest absolute Gasteiger partial charge is 0.329 e. The Morgan fingerprint density at radius 3 is 1.38 bits per heavy atom. The van der Waals surface area contributed by atoms with Crippen molar-refractivity contribution in [1.82, 2.24) is 0 Å². The number of rotatable bonds is 14. The van der Waals surface area contributed by atoms with E-state index in [1.165, 1.54) is 51.4 Å². The fourth-order valence-corrected chi connectivity index (χ4v) is 3.68. The first-order chi connectivity index (χ1) is 12.5. The molecule has 0 saturated heterocycles. The number of hydrogen-bond acceptors (Lipinski definition) is 5. The van der Waals surface area contributed by atoms with E-state index in [4.69, 9.17) is 8.37 Å². The average Bonchev–Trinajstić information content (AvgIpc) is 2.64. The highest BCUT2D eigenvalue weighted by molar-refractivity contribution is 8.22. The molecule has 6 heteroatoms. The third-order valence-corrected chi connectivity index (χ3v) is 5.51. The summed E-state index contributed by atoms with van der Waals surface area (Å²) in [5, 5.41) is -0.264. The summed E-state index contributed by atoms with van der Waals surface area (Å²) >= 11 is -2.09. The molecule has 0 aromatic heterocycles. The third-order valence-electron chi connectivity index (χ3n) is 4.14. The molecule has 0 N–H and O–H groups in total. The standard InChI is InChI=1S/C20H38O5S/c1-4-7-8-9-10-11-12-13-14-15-16-17-20(23)26(24-18(21)5-2)25-19(22)6-3/h26H,4-17H2,1-3H3. The number of carbonyl (C=O) groups excluding carboxylic acids is 3. The van der Waals surface area contributed by atoms with Gasteiger partial charge in [0, 0.05) is 19.3 Å². The average molecular weight is 391 g/mol. The van der Waals surface area contributed by atoms with Gasteiger partial charge in [-0.2, -0.15) is 0 Å². The SMILES string of the molecule is CCCCCCCCCCCCCC(=O)[SH](OC(=O)CC)OC(=O)CC. The van der Waals surface area contributed by atoms with Crippen LogP contribution in [0.2, 0.25) is 0 Å². The fraction of sp³-hybridized carbons (Fsp3) is 0.850. The van der Waals surface area contributed by atoms with Crippen molar-refractivity contribution in [2.24, 2.45) is 0 Å². The molecule has 0 spiro atoms. The molecule has 0 heterocycles. The van der Waals surface area contributed by atoms with Crippen LogP contribution in [0.15, 0.2) is 0 Å². The zero-order valence-electron chi connectivity index (χ0n) is 16.9. The van der Waals surface area contributed by atoms with Gasteiger partial charge in [0.25, 0.3) is 5.12 Å². The first-order valence-corrected chi connectivity index (χ1v) is 11.5. The minimum absolute atomic E-state index is 0.161. The summed E-state index contributed by atoms with van der Waals surface area (Å²) < 4.78 is 10.0. The second-order valence-electron chi connectivity index (χ2n) is 6.57. The van der Waals surface area contributed by atoms with Crippen LogP contribution in [0.25, 0.3) is 0 Å². The van der Waals surface area contributed by atoms with Crippen LogP contribution in [-0.4, -0.2) is 17.1 Å². The van der Waals surface area contributed by atoms with Gasteiger partial charge in [-0.3, -0.25) is 14.4 Å². The largest absolute Gasteiger partial charge is 0.340 e. The van der Waals surface area contributed by atoms with Gasteiger partial charge < -0.3 is 8.37 Å². The lowest BCUT2D eigenvalue weighted by Crippen LogP contribution is -2.13. The lowest BCUT2D eigenvalue weighted by Gasteiger charge is -2.22. The molecule has 0 atom stereocenters. The molecule has 0 amide bonds. The molecule has 0 aliphatic heterocycles. The Balaban J connectivity index is 3.84. The summed E-state index contributed by atoms with van der Waals surface area (Å²) in [4.78, 5) is 35.0. The fourth-order valence-electron chi connectivity index (χ4n) is 2.47. The lowest BCUT2D eigenvalue weighted by molar-refractivity contribution is -0.137. The van der Waals surface area contributed by atoms with Crippen molar-refractivity contribution in [3.8, 4) is 0 Å². The van der Waals surface area contributed by atoms with Crippen molar-refractivity contribution < 1.29 is 22.7 Å². The summed E-state index contributed by atoms with van der Waals surface area (Å²) in [6.45, 7) is 5.52. The predicted molar refractivity (Wildman–Crippen MR) is 108 cm³/mol. The minimum Gasteiger partial charge on any atom is -0.340 e. The highest BCUT2D eigenvalue weighted by atomic mass is 32.2. The topological polar surface area (TPSA) is 69.7 Å². The normalized spacial score (nSPS) is 11.1. The quantitative estimate of drug-likeness (QED) is 0.293. The Morgan fingerprint density at radius 1 is 0.615 bits per heavy atom. The minimum atomic E-state index is -2.09. The van der Waals surface area contributed by atoms with E-state index in [1.807, 2.05) is 0 Å². The van der Waals surface area contributed by atoms with Gasteiger partial charge >= 0.3 is 11.9 Å². The highest BCUT2D eigenvalue weighted by Crippen LogP contribution is 2.33. The molecule has 0 aliphatic rings. The first-order valence-electron chi connectivity index (χ1n) is 10.3. The van der Waals surface area contributed by atoms with Gasteiger partial charge in [-0.05, 0) is 6.42 Å². The summed E-state index contributed by atoms with van der Waals surface area (Å²) in [5.74, 6) is -1.01. The summed E-state index contributed by atoms with van der Waals surface area (Å²) in [6.07, 6.45) is 13.9. The van der Waals surface area contributed by atoms with Crippen LogP contribution in [0.5, 0.6) is 0 Å². The van der Waals surface area contributed by atoms with E-state index in [-0.39, 0.29) is 18.0 Å². The van der Waals surface area contributed by atoms with Crippen LogP contribution in [0.4, 0.5) is 0 Å². The molecule has 0 saturated carbocycles. The zero-order chi connectivity index (χ0) is 19.6. The van der Waals surface area contributed by atoms with Crippen LogP contribution in [0.1, 0.15) is 111 Å². The number of unbranched alkanes of at least 4 members (excludes halogenated alkanes) is 10. The van der Waals surface area contributed by atoms with Crippen molar-refractivity contribution in [1.29, 1.82) is 0 Å². The van der Waals surface area contributed by atoms with Crippen molar-refractivity contribution >= 4 is 28.5 Å². The van der Waals surface area contributed by atoms with E-state index in [9.17, 15) is 14.4 Å². The second-order valence-corrected chi connectivity index (χ2v) is 7.95. The van der Waals surface area contributed by atoms with Gasteiger partial charge in [0.1, 0.15) is 0 Å². The van der Waals surface area contributed by atoms with E-state index >= 15 is 0 Å². The molecule has 0 aromatic carbocycles. The van der Waals surface area contributed by atoms with Crippen LogP contribution in [-0.2, 0) is 22.7 Å². The van der Waals surface area contributed by atoms with Gasteiger partial charge in [0.15, 0.2) is 0 Å². The van der Waals surface area contributed by atoms with Gasteiger partial charge in [0.2, 0.25) is 0 Å². The van der Waals surface area contributed by atoms with Crippen molar-refractivity contribution in [2.75, 3.05) is 0 Å².